The first-order chi connectivity index (χ1) is 20.0. The molecule has 0 radical (unpaired) electrons. The number of sulfonamides is 1. The molecule has 0 bridgehead atoms. The molecule has 0 aromatic heterocycles. The van der Waals surface area contributed by atoms with Crippen LogP contribution in [0.1, 0.15) is 54.9 Å². The third-order valence-electron chi connectivity index (χ3n) is 7.15. The Balaban J connectivity index is 1.88. The second kappa shape index (κ2) is 15.9. The lowest BCUT2D eigenvalue weighted by Crippen LogP contribution is -2.50. The Kier molecular flexibility index (Phi) is 12.6. The molecule has 226 valence electrons. The number of anilines is 1. The highest BCUT2D eigenvalue weighted by atomic mass is 79.9. The van der Waals surface area contributed by atoms with E-state index < -0.39 is 16.1 Å². The topological polar surface area (TPSA) is 86.8 Å². The van der Waals surface area contributed by atoms with Crippen molar-refractivity contribution in [1.29, 1.82) is 0 Å². The second-order valence-electron chi connectivity index (χ2n) is 10.7. The summed E-state index contributed by atoms with van der Waals surface area (Å²) >= 11 is 3.47. The van der Waals surface area contributed by atoms with Crippen LogP contribution in [0.5, 0.6) is 0 Å². The molecule has 0 aliphatic rings. The van der Waals surface area contributed by atoms with Crippen molar-refractivity contribution >= 4 is 43.5 Å². The van der Waals surface area contributed by atoms with Crippen LogP contribution < -0.4 is 9.62 Å². The van der Waals surface area contributed by atoms with Crippen molar-refractivity contribution in [2.24, 2.45) is 0 Å². The summed E-state index contributed by atoms with van der Waals surface area (Å²) in [7, 11) is -3.57. The lowest BCUT2D eigenvalue weighted by molar-refractivity contribution is -0.141. The van der Waals surface area contributed by atoms with Crippen LogP contribution in [0.2, 0.25) is 0 Å². The van der Waals surface area contributed by atoms with Gasteiger partial charge in [-0.15, -0.1) is 0 Å². The summed E-state index contributed by atoms with van der Waals surface area (Å²) in [6, 6.07) is 22.4. The van der Waals surface area contributed by atoms with E-state index in [-0.39, 0.29) is 31.3 Å². The highest BCUT2D eigenvalue weighted by Gasteiger charge is 2.30. The van der Waals surface area contributed by atoms with Gasteiger partial charge in [-0.2, -0.15) is 0 Å². The third kappa shape index (κ3) is 9.98. The van der Waals surface area contributed by atoms with E-state index in [1.54, 1.807) is 4.90 Å². The summed E-state index contributed by atoms with van der Waals surface area (Å²) in [5, 5.41) is 3.03. The van der Waals surface area contributed by atoms with Crippen LogP contribution in [0.3, 0.4) is 0 Å². The number of amides is 2. The van der Waals surface area contributed by atoms with Crippen molar-refractivity contribution < 1.29 is 18.0 Å². The Morgan fingerprint density at radius 3 is 2.26 bits per heavy atom. The summed E-state index contributed by atoms with van der Waals surface area (Å²) < 4.78 is 27.8. The van der Waals surface area contributed by atoms with Gasteiger partial charge in [0.25, 0.3) is 0 Å². The molecular weight excluding hydrogens is 614 g/mol. The average molecular weight is 657 g/mol. The van der Waals surface area contributed by atoms with Gasteiger partial charge in [-0.05, 0) is 67.1 Å². The van der Waals surface area contributed by atoms with E-state index in [1.165, 1.54) is 10.6 Å². The monoisotopic (exact) mass is 655 g/mol. The molecule has 0 fully saturated rings. The predicted octanol–water partition coefficient (Wildman–Crippen LogP) is 6.17. The summed E-state index contributed by atoms with van der Waals surface area (Å²) in [6.07, 6.45) is 3.77. The zero-order valence-electron chi connectivity index (χ0n) is 25.0. The molecule has 0 aliphatic heterocycles. The molecule has 0 spiro atoms. The van der Waals surface area contributed by atoms with Crippen molar-refractivity contribution in [3.8, 4) is 0 Å². The van der Waals surface area contributed by atoms with E-state index in [9.17, 15) is 18.0 Å². The second-order valence-corrected chi connectivity index (χ2v) is 13.5. The summed E-state index contributed by atoms with van der Waals surface area (Å²) in [6.45, 7) is 6.83. The van der Waals surface area contributed by atoms with Crippen LogP contribution in [0.25, 0.3) is 0 Å². The number of carbonyl (C=O) groups is 2. The normalized spacial score (nSPS) is 12.0. The van der Waals surface area contributed by atoms with Gasteiger partial charge in [-0.25, -0.2) is 8.42 Å². The number of rotatable bonds is 15. The number of hydrogen-bond acceptors (Lipinski definition) is 4. The number of unbranched alkanes of at least 4 members (excludes halogenated alkanes) is 1. The van der Waals surface area contributed by atoms with Crippen LogP contribution in [0.15, 0.2) is 77.3 Å². The molecule has 0 saturated carbocycles. The molecule has 0 aliphatic carbocycles. The van der Waals surface area contributed by atoms with Gasteiger partial charge in [0.1, 0.15) is 6.04 Å². The molecule has 3 aromatic rings. The highest BCUT2D eigenvalue weighted by Crippen LogP contribution is 2.25. The van der Waals surface area contributed by atoms with E-state index in [2.05, 4.69) is 28.2 Å². The Hall–Kier alpha value is -3.17. The molecule has 3 aromatic carbocycles. The van der Waals surface area contributed by atoms with Crippen molar-refractivity contribution in [2.45, 2.75) is 65.5 Å². The molecule has 1 N–H and O–H groups in total. The Morgan fingerprint density at radius 2 is 1.62 bits per heavy atom. The van der Waals surface area contributed by atoms with Gasteiger partial charge in [-0.1, -0.05) is 83.9 Å². The maximum atomic E-state index is 13.9. The molecular formula is C33H42BrN3O4S. The van der Waals surface area contributed by atoms with E-state index in [4.69, 9.17) is 0 Å². The Bertz CT molecular complexity index is 1430. The molecule has 0 unspecified atom stereocenters. The molecule has 9 heteroatoms. The predicted molar refractivity (Wildman–Crippen MR) is 174 cm³/mol. The van der Waals surface area contributed by atoms with E-state index in [1.807, 2.05) is 86.6 Å². The van der Waals surface area contributed by atoms with Gasteiger partial charge in [0.2, 0.25) is 21.8 Å². The van der Waals surface area contributed by atoms with E-state index in [0.29, 0.717) is 25.1 Å². The van der Waals surface area contributed by atoms with Crippen LogP contribution in [-0.4, -0.2) is 50.5 Å². The Morgan fingerprint density at radius 1 is 0.929 bits per heavy atom. The molecule has 7 nitrogen and oxygen atoms in total. The lowest BCUT2D eigenvalue weighted by Gasteiger charge is -2.32. The van der Waals surface area contributed by atoms with Crippen LogP contribution in [-0.2, 0) is 32.6 Å². The third-order valence-corrected chi connectivity index (χ3v) is 8.86. The van der Waals surface area contributed by atoms with Crippen LogP contribution in [0, 0.1) is 13.8 Å². The van der Waals surface area contributed by atoms with Crippen LogP contribution >= 0.6 is 15.9 Å². The summed E-state index contributed by atoms with van der Waals surface area (Å²) in [5.41, 5.74) is 4.28. The number of carbonyl (C=O) groups excluding carboxylic acids is 2. The lowest BCUT2D eigenvalue weighted by atomic mass is 10.0. The van der Waals surface area contributed by atoms with Crippen molar-refractivity contribution in [2.75, 3.05) is 23.7 Å². The zero-order valence-corrected chi connectivity index (χ0v) is 27.4. The minimum absolute atomic E-state index is 0.0982. The number of nitrogens with one attached hydrogen (secondary N) is 1. The van der Waals surface area contributed by atoms with E-state index >= 15 is 0 Å². The smallest absolute Gasteiger partial charge is 0.243 e. The number of benzene rings is 3. The zero-order chi connectivity index (χ0) is 30.7. The van der Waals surface area contributed by atoms with Crippen LogP contribution in [0.4, 0.5) is 5.69 Å². The minimum Gasteiger partial charge on any atom is -0.354 e. The maximum absolute atomic E-state index is 13.9. The molecule has 3 rings (SSSR count). The standard InChI is InChI=1S/C33H42BrN3O4S/c1-5-6-20-35-33(39)31(23-27-11-8-7-9-12-27)36(24-28-16-18-29(34)19-17-28)32(38)13-10-21-37(42(4,40)41)30-22-25(2)14-15-26(30)3/h7-9,11-12,14-19,22,31H,5-6,10,13,20-21,23-24H2,1-4H3,(H,35,39)/t31-/m0/s1. The fourth-order valence-corrected chi connectivity index (χ4v) is 6.10. The molecule has 1 atom stereocenters. The fourth-order valence-electron chi connectivity index (χ4n) is 4.82. The van der Waals surface area contributed by atoms with Crippen molar-refractivity contribution in [3.05, 3.63) is 99.5 Å². The average Bonchev–Trinajstić information content (AvgIpc) is 2.95. The van der Waals surface area contributed by atoms with Gasteiger partial charge in [0.15, 0.2) is 0 Å². The van der Waals surface area contributed by atoms with Crippen molar-refractivity contribution in [3.63, 3.8) is 0 Å². The van der Waals surface area contributed by atoms with Gasteiger partial charge >= 0.3 is 0 Å². The molecule has 0 heterocycles. The fraction of sp³-hybridized carbons (Fsp3) is 0.394. The number of hydrogen-bond donors (Lipinski definition) is 1. The first kappa shape index (κ1) is 33.3. The van der Waals surface area contributed by atoms with Gasteiger partial charge < -0.3 is 10.2 Å². The highest BCUT2D eigenvalue weighted by molar-refractivity contribution is 9.10. The molecule has 2 amide bonds. The SMILES string of the molecule is CCCCNC(=O)[C@H](Cc1ccccc1)N(Cc1ccc(Br)cc1)C(=O)CCCN(c1cc(C)ccc1C)S(C)(=O)=O. The Labute approximate surface area is 259 Å². The number of aryl methyl sites for hydroxylation is 2. The first-order valence-corrected chi connectivity index (χ1v) is 17.0. The van der Waals surface area contributed by atoms with Gasteiger partial charge in [0, 0.05) is 36.9 Å². The van der Waals surface area contributed by atoms with Crippen molar-refractivity contribution in [1.82, 2.24) is 10.2 Å². The minimum atomic E-state index is -3.57. The summed E-state index contributed by atoms with van der Waals surface area (Å²) in [4.78, 5) is 29.2. The largest absolute Gasteiger partial charge is 0.354 e. The van der Waals surface area contributed by atoms with E-state index in [0.717, 1.165) is 39.6 Å². The maximum Gasteiger partial charge on any atom is 0.243 e. The molecule has 42 heavy (non-hydrogen) atoms. The number of halogens is 1. The summed E-state index contributed by atoms with van der Waals surface area (Å²) in [5.74, 6) is -0.384. The quantitative estimate of drug-likeness (QED) is 0.199. The molecule has 0 saturated heterocycles. The van der Waals surface area contributed by atoms with Gasteiger partial charge in [0.05, 0.1) is 11.9 Å². The van der Waals surface area contributed by atoms with Gasteiger partial charge in [-0.3, -0.25) is 13.9 Å². The first-order valence-electron chi connectivity index (χ1n) is 14.4. The number of nitrogens with zero attached hydrogens (tertiary/aromatic N) is 2.